The van der Waals surface area contributed by atoms with Crippen molar-refractivity contribution in [2.24, 2.45) is 34.5 Å². The molecule has 8 atom stereocenters. The number of rotatable bonds is 0. The Kier molecular flexibility index (Phi) is 4.65. The predicted octanol–water partition coefficient (Wildman–Crippen LogP) is 5.17. The molecule has 156 valence electrons. The van der Waals surface area contributed by atoms with Crippen LogP contribution in [0.15, 0.2) is 30.3 Å². The van der Waals surface area contributed by atoms with Crippen molar-refractivity contribution in [3.8, 4) is 11.8 Å². The first-order chi connectivity index (χ1) is 13.9. The first-order valence-corrected chi connectivity index (χ1v) is 11.8. The smallest absolute Gasteiger partial charge is 0.131 e. The van der Waals surface area contributed by atoms with E-state index in [-0.39, 0.29) is 11.5 Å². The minimum absolute atomic E-state index is 0.0803. The van der Waals surface area contributed by atoms with E-state index in [4.69, 9.17) is 0 Å². The summed E-state index contributed by atoms with van der Waals surface area (Å²) in [6.07, 6.45) is 9.86. The topological polar surface area (TPSA) is 40.5 Å². The molecule has 5 rings (SSSR count). The number of aliphatic hydroxyl groups excluding tert-OH is 1. The number of hydrogen-bond acceptors (Lipinski definition) is 2. The minimum Gasteiger partial charge on any atom is -0.393 e. The van der Waals surface area contributed by atoms with Crippen LogP contribution in [0.25, 0.3) is 0 Å². The molecule has 0 aromatic heterocycles. The zero-order valence-corrected chi connectivity index (χ0v) is 18.0. The molecule has 1 aromatic carbocycles. The summed E-state index contributed by atoms with van der Waals surface area (Å²) in [7, 11) is 0. The highest BCUT2D eigenvalue weighted by Crippen LogP contribution is 2.68. The molecule has 0 aliphatic heterocycles. The van der Waals surface area contributed by atoms with Gasteiger partial charge in [-0.05, 0) is 99.0 Å². The molecule has 2 heteroatoms. The average Bonchev–Trinajstić information content (AvgIpc) is 2.99. The molecule has 0 saturated heterocycles. The first kappa shape index (κ1) is 19.7. The fraction of sp³-hybridized carbons (Fsp3) is 0.704. The molecule has 0 spiro atoms. The zero-order valence-electron chi connectivity index (χ0n) is 18.0. The van der Waals surface area contributed by atoms with E-state index in [1.54, 1.807) is 0 Å². The molecule has 0 heterocycles. The molecule has 4 saturated carbocycles. The maximum absolute atomic E-state index is 11.7. The number of aliphatic hydroxyl groups is 2. The summed E-state index contributed by atoms with van der Waals surface area (Å²) in [6, 6.07) is 10.1. The monoisotopic (exact) mass is 392 g/mol. The molecule has 1 aromatic rings. The third kappa shape index (κ3) is 2.92. The van der Waals surface area contributed by atoms with Gasteiger partial charge in [0.25, 0.3) is 0 Å². The van der Waals surface area contributed by atoms with E-state index in [0.717, 1.165) is 49.5 Å². The lowest BCUT2D eigenvalue weighted by Gasteiger charge is -2.61. The molecule has 4 fully saturated rings. The molecule has 29 heavy (non-hydrogen) atoms. The summed E-state index contributed by atoms with van der Waals surface area (Å²) < 4.78 is 0. The average molecular weight is 393 g/mol. The second-order valence-electron chi connectivity index (χ2n) is 11.1. The summed E-state index contributed by atoms with van der Waals surface area (Å²) in [4.78, 5) is 0. The normalized spacial score (nSPS) is 48.6. The fourth-order valence-corrected chi connectivity index (χ4v) is 8.15. The van der Waals surface area contributed by atoms with Gasteiger partial charge in [0.2, 0.25) is 0 Å². The van der Waals surface area contributed by atoms with Crippen molar-refractivity contribution >= 4 is 0 Å². The molecule has 0 radical (unpaired) electrons. The van der Waals surface area contributed by atoms with Gasteiger partial charge in [-0.2, -0.15) is 0 Å². The molecule has 4 aliphatic rings. The Morgan fingerprint density at radius 3 is 2.45 bits per heavy atom. The van der Waals surface area contributed by atoms with Gasteiger partial charge in [-0.15, -0.1) is 0 Å². The lowest BCUT2D eigenvalue weighted by atomic mass is 9.44. The first-order valence-electron chi connectivity index (χ1n) is 11.8. The van der Waals surface area contributed by atoms with Gasteiger partial charge in [-0.3, -0.25) is 0 Å². The van der Waals surface area contributed by atoms with Crippen LogP contribution in [0, 0.1) is 46.3 Å². The van der Waals surface area contributed by atoms with Crippen LogP contribution in [0.5, 0.6) is 0 Å². The third-order valence-electron chi connectivity index (χ3n) is 9.98. The van der Waals surface area contributed by atoms with Crippen molar-refractivity contribution in [2.75, 3.05) is 0 Å². The van der Waals surface area contributed by atoms with Crippen molar-refractivity contribution in [3.63, 3.8) is 0 Å². The molecular weight excluding hydrogens is 356 g/mol. The maximum Gasteiger partial charge on any atom is 0.131 e. The van der Waals surface area contributed by atoms with E-state index in [9.17, 15) is 10.2 Å². The van der Waals surface area contributed by atoms with E-state index in [1.807, 2.05) is 30.3 Å². The van der Waals surface area contributed by atoms with Crippen LogP contribution in [0.1, 0.15) is 77.2 Å². The quantitative estimate of drug-likeness (QED) is 0.598. The lowest BCUT2D eigenvalue weighted by Crippen LogP contribution is -2.56. The molecule has 0 unspecified atom stereocenters. The maximum atomic E-state index is 11.7. The zero-order chi connectivity index (χ0) is 20.3. The minimum atomic E-state index is -0.862. The van der Waals surface area contributed by atoms with Crippen molar-refractivity contribution in [1.29, 1.82) is 0 Å². The van der Waals surface area contributed by atoms with Crippen molar-refractivity contribution in [3.05, 3.63) is 35.9 Å². The van der Waals surface area contributed by atoms with Crippen LogP contribution >= 0.6 is 0 Å². The Balaban J connectivity index is 1.42. The van der Waals surface area contributed by atoms with Gasteiger partial charge in [-0.25, -0.2) is 0 Å². The summed E-state index contributed by atoms with van der Waals surface area (Å²) in [5.41, 5.74) is 0.433. The highest BCUT2D eigenvalue weighted by Gasteiger charge is 2.64. The molecule has 2 N–H and O–H groups in total. The van der Waals surface area contributed by atoms with Crippen LogP contribution in [-0.4, -0.2) is 21.9 Å². The van der Waals surface area contributed by atoms with Gasteiger partial charge in [0.1, 0.15) is 5.60 Å². The molecule has 0 amide bonds. The van der Waals surface area contributed by atoms with Crippen LogP contribution in [-0.2, 0) is 0 Å². The third-order valence-corrected chi connectivity index (χ3v) is 9.98. The number of hydrogen-bond donors (Lipinski definition) is 2. The van der Waals surface area contributed by atoms with Crippen molar-refractivity contribution in [1.82, 2.24) is 0 Å². The van der Waals surface area contributed by atoms with Crippen LogP contribution in [0.4, 0.5) is 0 Å². The van der Waals surface area contributed by atoms with E-state index >= 15 is 0 Å². The van der Waals surface area contributed by atoms with Gasteiger partial charge < -0.3 is 10.2 Å². The van der Waals surface area contributed by atoms with E-state index in [1.165, 1.54) is 25.7 Å². The van der Waals surface area contributed by atoms with Crippen LogP contribution < -0.4 is 0 Å². The summed E-state index contributed by atoms with van der Waals surface area (Å²) in [6.45, 7) is 4.86. The Bertz CT molecular complexity index is 822. The molecule has 4 aliphatic carbocycles. The van der Waals surface area contributed by atoms with Gasteiger partial charge in [0.05, 0.1) is 6.10 Å². The van der Waals surface area contributed by atoms with Gasteiger partial charge in [0.15, 0.2) is 0 Å². The van der Waals surface area contributed by atoms with Crippen molar-refractivity contribution < 1.29 is 10.2 Å². The second-order valence-corrected chi connectivity index (χ2v) is 11.1. The highest BCUT2D eigenvalue weighted by molar-refractivity contribution is 5.38. The van der Waals surface area contributed by atoms with Gasteiger partial charge in [-0.1, -0.05) is 43.9 Å². The number of benzene rings is 1. The lowest BCUT2D eigenvalue weighted by molar-refractivity contribution is -0.144. The second kappa shape index (κ2) is 6.86. The summed E-state index contributed by atoms with van der Waals surface area (Å²) >= 11 is 0. The van der Waals surface area contributed by atoms with Crippen LogP contribution in [0.2, 0.25) is 0 Å². The predicted molar refractivity (Wildman–Crippen MR) is 116 cm³/mol. The van der Waals surface area contributed by atoms with Gasteiger partial charge in [0, 0.05) is 11.0 Å². The standard InChI is InChI=1S/C27H36O2/c1-25-14-11-21(28)18-20(25)8-9-22-23(25)12-15-26(2)24(22)13-17-27(26,29)16-10-19-6-4-3-5-7-19/h3-7,20-24,28-29H,8-9,11-15,17-18H2,1-2H3/t20-,21-,22-,23-,24+,25-,26-,27-/m0/s1. The SMILES string of the molecule is C[C@]12CC[C@H](O)C[C@@H]1CC[C@@H]1[C@H]3CC[C@@](O)(C#Cc4ccccc4)[C@@]3(C)CC[C@@H]12. The molecule has 0 bridgehead atoms. The van der Waals surface area contributed by atoms with Crippen LogP contribution in [0.3, 0.4) is 0 Å². The summed E-state index contributed by atoms with van der Waals surface area (Å²) in [5, 5.41) is 21.9. The van der Waals surface area contributed by atoms with E-state index in [0.29, 0.717) is 17.3 Å². The number of fused-ring (bicyclic) bond motifs is 5. The largest absolute Gasteiger partial charge is 0.393 e. The molecule has 2 nitrogen and oxygen atoms in total. The van der Waals surface area contributed by atoms with E-state index < -0.39 is 5.60 Å². The Morgan fingerprint density at radius 2 is 1.66 bits per heavy atom. The fourth-order valence-electron chi connectivity index (χ4n) is 8.15. The Hall–Kier alpha value is -1.30. The Labute approximate surface area is 176 Å². The van der Waals surface area contributed by atoms with Gasteiger partial charge >= 0.3 is 0 Å². The highest BCUT2D eigenvalue weighted by atomic mass is 16.3. The van der Waals surface area contributed by atoms with Crippen molar-refractivity contribution in [2.45, 2.75) is 83.3 Å². The molecular formula is C27H36O2. The Morgan fingerprint density at radius 1 is 0.897 bits per heavy atom. The van der Waals surface area contributed by atoms with E-state index in [2.05, 4.69) is 25.7 Å². The summed E-state index contributed by atoms with van der Waals surface area (Å²) in [5.74, 6) is 9.40.